The number of hydrogen-bond acceptors (Lipinski definition) is 3. The molecule has 0 amide bonds. The lowest BCUT2D eigenvalue weighted by atomic mass is 9.95. The number of halogens is 1. The van der Waals surface area contributed by atoms with Crippen molar-refractivity contribution < 1.29 is 14.2 Å². The molecule has 1 saturated heterocycles. The number of ether oxygens (including phenoxy) is 3. The summed E-state index contributed by atoms with van der Waals surface area (Å²) in [4.78, 5) is 0. The molecule has 1 aliphatic rings. The minimum Gasteiger partial charge on any atom is -0.385 e. The molecule has 1 fully saturated rings. The van der Waals surface area contributed by atoms with Gasteiger partial charge < -0.3 is 14.2 Å². The smallest absolute Gasteiger partial charge is 0.0832 e. The first kappa shape index (κ1) is 19.9. The van der Waals surface area contributed by atoms with Gasteiger partial charge in [0.2, 0.25) is 0 Å². The maximum atomic E-state index is 6.05. The van der Waals surface area contributed by atoms with Gasteiger partial charge in [-0.1, -0.05) is 35.9 Å². The molecule has 22 heavy (non-hydrogen) atoms. The van der Waals surface area contributed by atoms with Gasteiger partial charge in [-0.05, 0) is 49.2 Å². The second-order valence-corrected chi connectivity index (χ2v) is 7.16. The van der Waals surface area contributed by atoms with Crippen molar-refractivity contribution in [1.82, 2.24) is 0 Å². The molecule has 1 rings (SSSR count). The fourth-order valence-electron chi connectivity index (χ4n) is 2.67. The molecule has 3 nitrogen and oxygen atoms in total. The van der Waals surface area contributed by atoms with Crippen LogP contribution in [0.2, 0.25) is 0 Å². The van der Waals surface area contributed by atoms with Gasteiger partial charge >= 0.3 is 0 Å². The topological polar surface area (TPSA) is 27.7 Å². The number of unbranched alkanes of at least 4 members (excludes halogenated alkanes) is 1. The minimum atomic E-state index is 0.243. The molecule has 0 aromatic carbocycles. The van der Waals surface area contributed by atoms with E-state index in [1.807, 2.05) is 0 Å². The Morgan fingerprint density at radius 1 is 1.27 bits per heavy atom. The van der Waals surface area contributed by atoms with E-state index in [-0.39, 0.29) is 6.10 Å². The van der Waals surface area contributed by atoms with Gasteiger partial charge in [-0.25, -0.2) is 0 Å². The van der Waals surface area contributed by atoms with Gasteiger partial charge in [0.1, 0.15) is 0 Å². The Balaban J connectivity index is 2.77. The first-order valence-corrected chi connectivity index (χ1v) is 9.06. The number of hydrogen-bond donors (Lipinski definition) is 0. The summed E-state index contributed by atoms with van der Waals surface area (Å²) in [5.41, 5.74) is 2.73. The van der Waals surface area contributed by atoms with Crippen LogP contribution in [0.25, 0.3) is 0 Å². The second kappa shape index (κ2) is 11.4. The first-order chi connectivity index (χ1) is 10.6. The Bertz CT molecular complexity index is 375. The van der Waals surface area contributed by atoms with Gasteiger partial charge in [0, 0.05) is 31.9 Å². The molecule has 1 atom stereocenters. The van der Waals surface area contributed by atoms with Crippen LogP contribution in [0.3, 0.4) is 0 Å². The Morgan fingerprint density at radius 2 is 1.95 bits per heavy atom. The third kappa shape index (κ3) is 6.95. The largest absolute Gasteiger partial charge is 0.385 e. The molecule has 0 aromatic rings. The zero-order valence-corrected chi connectivity index (χ0v) is 16.1. The van der Waals surface area contributed by atoms with Crippen molar-refractivity contribution in [3.8, 4) is 0 Å². The Hall–Kier alpha value is -0.160. The summed E-state index contributed by atoms with van der Waals surface area (Å²) in [6.45, 7) is 6.84. The van der Waals surface area contributed by atoms with Crippen molar-refractivity contribution in [1.29, 1.82) is 0 Å². The maximum absolute atomic E-state index is 6.05. The molecule has 4 heteroatoms. The fraction of sp³-hybridized carbons (Fsp3) is 0.778. The lowest BCUT2D eigenvalue weighted by molar-refractivity contribution is 0.112. The quantitative estimate of drug-likeness (QED) is 0.511. The lowest BCUT2D eigenvalue weighted by Crippen LogP contribution is -2.11. The van der Waals surface area contributed by atoms with E-state index in [1.54, 1.807) is 14.2 Å². The summed E-state index contributed by atoms with van der Waals surface area (Å²) in [6, 6.07) is 0. The second-order valence-electron chi connectivity index (χ2n) is 6.20. The molecule has 1 heterocycles. The van der Waals surface area contributed by atoms with Crippen LogP contribution in [0.1, 0.15) is 46.0 Å². The van der Waals surface area contributed by atoms with Crippen LogP contribution >= 0.6 is 15.9 Å². The summed E-state index contributed by atoms with van der Waals surface area (Å²) in [5.74, 6) is 0.638. The fourth-order valence-corrected chi connectivity index (χ4v) is 3.30. The van der Waals surface area contributed by atoms with E-state index in [1.165, 1.54) is 15.6 Å². The molecule has 128 valence electrons. The highest BCUT2D eigenvalue weighted by Crippen LogP contribution is 2.35. The van der Waals surface area contributed by atoms with E-state index >= 15 is 0 Å². The van der Waals surface area contributed by atoms with Gasteiger partial charge in [0.25, 0.3) is 0 Å². The van der Waals surface area contributed by atoms with Crippen molar-refractivity contribution in [3.05, 3.63) is 21.7 Å². The van der Waals surface area contributed by atoms with Gasteiger partial charge in [-0.2, -0.15) is 0 Å². The number of allylic oxidation sites excluding steroid dienone is 2. The highest BCUT2D eigenvalue weighted by molar-refractivity contribution is 9.11. The third-order valence-electron chi connectivity index (χ3n) is 3.80. The monoisotopic (exact) mass is 374 g/mol. The first-order valence-electron chi connectivity index (χ1n) is 8.27. The molecular formula is C18H31BrO3. The SMILES string of the molecule is COCCC/C=C1/C(=C(\Br)CCCOC)COC1CC(C)C. The van der Waals surface area contributed by atoms with Gasteiger partial charge in [0.05, 0.1) is 12.7 Å². The van der Waals surface area contributed by atoms with Crippen LogP contribution < -0.4 is 0 Å². The summed E-state index contributed by atoms with van der Waals surface area (Å²) in [7, 11) is 3.50. The Labute approximate surface area is 144 Å². The normalized spacial score (nSPS) is 22.8. The van der Waals surface area contributed by atoms with Crippen LogP contribution in [0.4, 0.5) is 0 Å². The molecule has 1 aliphatic heterocycles. The maximum Gasteiger partial charge on any atom is 0.0832 e. The van der Waals surface area contributed by atoms with E-state index in [0.717, 1.165) is 51.9 Å². The molecule has 1 unspecified atom stereocenters. The zero-order valence-electron chi connectivity index (χ0n) is 14.5. The molecule has 0 spiro atoms. The lowest BCUT2D eigenvalue weighted by Gasteiger charge is -2.15. The van der Waals surface area contributed by atoms with Crippen molar-refractivity contribution >= 4 is 15.9 Å². The van der Waals surface area contributed by atoms with E-state index in [4.69, 9.17) is 14.2 Å². The highest BCUT2D eigenvalue weighted by atomic mass is 79.9. The average molecular weight is 375 g/mol. The number of rotatable bonds is 10. The zero-order chi connectivity index (χ0) is 16.4. The van der Waals surface area contributed by atoms with E-state index in [9.17, 15) is 0 Å². The molecule has 0 radical (unpaired) electrons. The summed E-state index contributed by atoms with van der Waals surface area (Å²) in [5, 5.41) is 0. The molecule has 0 N–H and O–H groups in total. The summed E-state index contributed by atoms with van der Waals surface area (Å²) < 4.78 is 17.6. The molecule has 0 aromatic heterocycles. The van der Waals surface area contributed by atoms with Crippen molar-refractivity contribution in [2.75, 3.05) is 34.0 Å². The van der Waals surface area contributed by atoms with E-state index < -0.39 is 0 Å². The van der Waals surface area contributed by atoms with E-state index in [2.05, 4.69) is 35.9 Å². The third-order valence-corrected chi connectivity index (χ3v) is 4.67. The predicted octanol–water partition coefficient (Wildman–Crippen LogP) is 4.86. The van der Waals surface area contributed by atoms with Gasteiger partial charge in [-0.3, -0.25) is 0 Å². The van der Waals surface area contributed by atoms with Crippen LogP contribution in [-0.4, -0.2) is 40.1 Å². The van der Waals surface area contributed by atoms with Crippen LogP contribution in [0.5, 0.6) is 0 Å². The Kier molecular flexibility index (Phi) is 10.3. The standard InChI is InChI=1S/C18H31BrO3/c1-14(2)12-18-15(8-5-6-10-20-3)16(13-22-18)17(19)9-7-11-21-4/h8,14,18H,5-7,9-13H2,1-4H3/b15-8-,17-16-. The van der Waals surface area contributed by atoms with Crippen LogP contribution in [-0.2, 0) is 14.2 Å². The summed E-state index contributed by atoms with van der Waals surface area (Å²) >= 11 is 3.77. The van der Waals surface area contributed by atoms with Crippen LogP contribution in [0, 0.1) is 5.92 Å². The predicted molar refractivity (Wildman–Crippen MR) is 95.5 cm³/mol. The van der Waals surface area contributed by atoms with Gasteiger partial charge in [0.15, 0.2) is 0 Å². The molecule has 0 saturated carbocycles. The molecule has 0 bridgehead atoms. The summed E-state index contributed by atoms with van der Waals surface area (Å²) in [6.07, 6.45) is 7.83. The van der Waals surface area contributed by atoms with Crippen LogP contribution in [0.15, 0.2) is 21.7 Å². The van der Waals surface area contributed by atoms with Gasteiger partial charge in [-0.15, -0.1) is 0 Å². The van der Waals surface area contributed by atoms with Crippen molar-refractivity contribution in [2.45, 2.75) is 52.1 Å². The average Bonchev–Trinajstić information content (AvgIpc) is 2.86. The van der Waals surface area contributed by atoms with Crippen molar-refractivity contribution in [3.63, 3.8) is 0 Å². The van der Waals surface area contributed by atoms with Crippen molar-refractivity contribution in [2.24, 2.45) is 5.92 Å². The molecule has 0 aliphatic carbocycles. The number of methoxy groups -OCH3 is 2. The highest BCUT2D eigenvalue weighted by Gasteiger charge is 2.28. The Morgan fingerprint density at radius 3 is 2.59 bits per heavy atom. The minimum absolute atomic E-state index is 0.243. The molecular weight excluding hydrogens is 344 g/mol. The van der Waals surface area contributed by atoms with E-state index in [0.29, 0.717) is 5.92 Å².